The smallest absolute Gasteiger partial charge is 0.212 e. The zero-order chi connectivity index (χ0) is 8.55. The molecule has 0 aliphatic carbocycles. The van der Waals surface area contributed by atoms with E-state index in [9.17, 15) is 0 Å². The Morgan fingerprint density at radius 3 is 2.83 bits per heavy atom. The van der Waals surface area contributed by atoms with Crippen LogP contribution in [0.15, 0.2) is 34.8 Å². The van der Waals surface area contributed by atoms with Gasteiger partial charge in [-0.15, -0.1) is 0 Å². The van der Waals surface area contributed by atoms with Gasteiger partial charge in [0, 0.05) is 15.9 Å². The van der Waals surface area contributed by atoms with Crippen LogP contribution in [0.1, 0.15) is 0 Å². The summed E-state index contributed by atoms with van der Waals surface area (Å²) in [5, 5.41) is 10.2. The van der Waals surface area contributed by atoms with Crippen molar-refractivity contribution < 1.29 is 5.11 Å². The summed E-state index contributed by atoms with van der Waals surface area (Å²) in [6.07, 6.45) is 0. The molecule has 1 N–H and O–H groups in total. The number of hydrogen-bond donors (Lipinski definition) is 1. The maximum atomic E-state index is 9.17. The van der Waals surface area contributed by atoms with Gasteiger partial charge in [-0.25, -0.2) is 4.98 Å². The van der Waals surface area contributed by atoms with Crippen molar-refractivity contribution in [2.45, 2.75) is 0 Å². The first-order valence-electron chi connectivity index (χ1n) is 3.51. The molecule has 0 radical (unpaired) electrons. The zero-order valence-electron chi connectivity index (χ0n) is 6.16. The zero-order valence-corrected chi connectivity index (χ0v) is 7.75. The Morgan fingerprint density at radius 1 is 1.25 bits per heavy atom. The Balaban J connectivity index is 2.89. The maximum Gasteiger partial charge on any atom is 0.212 e. The molecular weight excluding hydrogens is 218 g/mol. The van der Waals surface area contributed by atoms with Crippen LogP contribution in [0.4, 0.5) is 0 Å². The Labute approximate surface area is 78.0 Å². The van der Waals surface area contributed by atoms with Gasteiger partial charge in [0.05, 0.1) is 5.52 Å². The molecular formula is C9H6BrNO. The monoisotopic (exact) mass is 223 g/mol. The normalized spacial score (nSPS) is 10.4. The van der Waals surface area contributed by atoms with Gasteiger partial charge in [-0.05, 0) is 22.0 Å². The number of hydrogen-bond acceptors (Lipinski definition) is 2. The molecule has 12 heavy (non-hydrogen) atoms. The first-order chi connectivity index (χ1) is 5.77. The number of aromatic nitrogens is 1. The number of para-hydroxylation sites is 1. The molecule has 0 amide bonds. The summed E-state index contributed by atoms with van der Waals surface area (Å²) in [4.78, 5) is 3.96. The van der Waals surface area contributed by atoms with Crippen molar-refractivity contribution in [1.82, 2.24) is 4.98 Å². The molecule has 60 valence electrons. The van der Waals surface area contributed by atoms with Crippen LogP contribution in [-0.2, 0) is 0 Å². The molecule has 0 unspecified atom stereocenters. The lowest BCUT2D eigenvalue weighted by atomic mass is 10.2. The van der Waals surface area contributed by atoms with Gasteiger partial charge in [0.25, 0.3) is 0 Å². The lowest BCUT2D eigenvalue weighted by Gasteiger charge is -1.99. The predicted octanol–water partition coefficient (Wildman–Crippen LogP) is 2.70. The lowest BCUT2D eigenvalue weighted by molar-refractivity contribution is 0.455. The van der Waals surface area contributed by atoms with Crippen molar-refractivity contribution in [2.75, 3.05) is 0 Å². The minimum absolute atomic E-state index is 0.0422. The van der Waals surface area contributed by atoms with Gasteiger partial charge in [0.1, 0.15) is 0 Å². The quantitative estimate of drug-likeness (QED) is 0.746. The number of nitrogens with zero attached hydrogens (tertiary/aromatic N) is 1. The molecule has 3 heteroatoms. The van der Waals surface area contributed by atoms with Gasteiger partial charge in [-0.3, -0.25) is 0 Å². The minimum Gasteiger partial charge on any atom is -0.493 e. The number of aromatic hydroxyl groups is 1. The minimum atomic E-state index is 0.0422. The third-order valence-electron chi connectivity index (χ3n) is 1.65. The van der Waals surface area contributed by atoms with E-state index in [1.54, 1.807) is 6.07 Å². The highest BCUT2D eigenvalue weighted by Gasteiger charge is 2.00. The van der Waals surface area contributed by atoms with Gasteiger partial charge in [-0.1, -0.05) is 18.2 Å². The number of halogens is 1. The van der Waals surface area contributed by atoms with E-state index in [1.807, 2.05) is 24.3 Å². The highest BCUT2D eigenvalue weighted by molar-refractivity contribution is 9.10. The highest BCUT2D eigenvalue weighted by Crippen LogP contribution is 2.25. The van der Waals surface area contributed by atoms with Gasteiger partial charge in [-0.2, -0.15) is 0 Å². The molecule has 0 saturated carbocycles. The summed E-state index contributed by atoms with van der Waals surface area (Å²) in [6, 6.07) is 9.22. The molecule has 2 nitrogen and oxygen atoms in total. The van der Waals surface area contributed by atoms with Crippen LogP contribution in [0.5, 0.6) is 5.88 Å². The number of pyridine rings is 1. The first-order valence-corrected chi connectivity index (χ1v) is 4.31. The summed E-state index contributed by atoms with van der Waals surface area (Å²) in [5.74, 6) is 0.0422. The van der Waals surface area contributed by atoms with Crippen molar-refractivity contribution in [3.05, 3.63) is 34.8 Å². The van der Waals surface area contributed by atoms with E-state index in [4.69, 9.17) is 5.11 Å². The molecule has 2 rings (SSSR count). The third kappa shape index (κ3) is 1.16. The fraction of sp³-hybridized carbons (Fsp3) is 0. The van der Waals surface area contributed by atoms with Gasteiger partial charge in [0.2, 0.25) is 5.88 Å². The molecule has 1 heterocycles. The van der Waals surface area contributed by atoms with E-state index in [2.05, 4.69) is 20.9 Å². The molecule has 0 fully saturated rings. The SMILES string of the molecule is Oc1cc(Br)c2ccccc2n1. The Kier molecular flexibility index (Phi) is 1.73. The van der Waals surface area contributed by atoms with E-state index in [1.165, 1.54) is 0 Å². The number of benzene rings is 1. The second kappa shape index (κ2) is 2.75. The van der Waals surface area contributed by atoms with Crippen molar-refractivity contribution >= 4 is 26.8 Å². The molecule has 1 aromatic heterocycles. The van der Waals surface area contributed by atoms with Crippen LogP contribution in [-0.4, -0.2) is 10.1 Å². The van der Waals surface area contributed by atoms with Gasteiger partial charge < -0.3 is 5.11 Å². The van der Waals surface area contributed by atoms with Crippen LogP contribution in [0.2, 0.25) is 0 Å². The Morgan fingerprint density at radius 2 is 2.00 bits per heavy atom. The molecule has 0 saturated heterocycles. The van der Waals surface area contributed by atoms with Crippen molar-refractivity contribution in [2.24, 2.45) is 0 Å². The summed E-state index contributed by atoms with van der Waals surface area (Å²) >= 11 is 3.35. The highest BCUT2D eigenvalue weighted by atomic mass is 79.9. The van der Waals surface area contributed by atoms with Crippen molar-refractivity contribution in [3.63, 3.8) is 0 Å². The first kappa shape index (κ1) is 7.55. The number of fused-ring (bicyclic) bond motifs is 1. The summed E-state index contributed by atoms with van der Waals surface area (Å²) in [6.45, 7) is 0. The van der Waals surface area contributed by atoms with Crippen LogP contribution in [0, 0.1) is 0 Å². The fourth-order valence-corrected chi connectivity index (χ4v) is 1.66. The molecule has 0 aliphatic rings. The average Bonchev–Trinajstić information content (AvgIpc) is 2.04. The molecule has 0 aliphatic heterocycles. The Hall–Kier alpha value is -1.09. The van der Waals surface area contributed by atoms with Gasteiger partial charge >= 0.3 is 0 Å². The standard InChI is InChI=1S/C9H6BrNO/c10-7-5-9(12)11-8-4-2-1-3-6(7)8/h1-5H,(H,11,12). The van der Waals surface area contributed by atoms with E-state index in [0.29, 0.717) is 0 Å². The van der Waals surface area contributed by atoms with Crippen LogP contribution >= 0.6 is 15.9 Å². The van der Waals surface area contributed by atoms with E-state index < -0.39 is 0 Å². The van der Waals surface area contributed by atoms with Crippen LogP contribution < -0.4 is 0 Å². The summed E-state index contributed by atoms with van der Waals surface area (Å²) in [7, 11) is 0. The van der Waals surface area contributed by atoms with Crippen molar-refractivity contribution in [1.29, 1.82) is 0 Å². The average molecular weight is 224 g/mol. The van der Waals surface area contributed by atoms with E-state index >= 15 is 0 Å². The fourth-order valence-electron chi connectivity index (χ4n) is 1.12. The van der Waals surface area contributed by atoms with Gasteiger partial charge in [0.15, 0.2) is 0 Å². The maximum absolute atomic E-state index is 9.17. The number of rotatable bonds is 0. The van der Waals surface area contributed by atoms with E-state index in [-0.39, 0.29) is 5.88 Å². The van der Waals surface area contributed by atoms with Crippen LogP contribution in [0.3, 0.4) is 0 Å². The largest absolute Gasteiger partial charge is 0.493 e. The molecule has 0 atom stereocenters. The summed E-state index contributed by atoms with van der Waals surface area (Å²) < 4.78 is 0.866. The van der Waals surface area contributed by atoms with E-state index in [0.717, 1.165) is 15.4 Å². The lowest BCUT2D eigenvalue weighted by Crippen LogP contribution is -1.79. The molecule has 2 aromatic rings. The molecule has 1 aromatic carbocycles. The predicted molar refractivity (Wildman–Crippen MR) is 51.1 cm³/mol. The second-order valence-electron chi connectivity index (χ2n) is 2.48. The molecule has 0 spiro atoms. The second-order valence-corrected chi connectivity index (χ2v) is 3.33. The Bertz CT molecular complexity index is 428. The topological polar surface area (TPSA) is 33.1 Å². The third-order valence-corrected chi connectivity index (χ3v) is 2.31. The van der Waals surface area contributed by atoms with Crippen molar-refractivity contribution in [3.8, 4) is 5.88 Å². The van der Waals surface area contributed by atoms with Crippen LogP contribution in [0.25, 0.3) is 10.9 Å². The molecule has 0 bridgehead atoms. The summed E-state index contributed by atoms with van der Waals surface area (Å²) in [5.41, 5.74) is 0.796.